The molecular formula is C15H10Cl2O3. The zero-order chi connectivity index (χ0) is 14.3. The molecule has 1 aliphatic rings. The first-order valence-electron chi connectivity index (χ1n) is 5.97. The van der Waals surface area contributed by atoms with Gasteiger partial charge in [0.2, 0.25) is 0 Å². The highest BCUT2D eigenvalue weighted by Gasteiger charge is 2.64. The minimum atomic E-state index is -1.06. The lowest BCUT2D eigenvalue weighted by molar-refractivity contribution is -0.138. The Morgan fingerprint density at radius 2 is 1.90 bits per heavy atom. The Hall–Kier alpha value is -1.55. The third-order valence-electron chi connectivity index (χ3n) is 3.37. The van der Waals surface area contributed by atoms with Crippen LogP contribution in [0.1, 0.15) is 11.1 Å². The number of epoxide rings is 1. The second-order valence-electron chi connectivity index (χ2n) is 4.56. The predicted molar refractivity (Wildman–Crippen MR) is 76.2 cm³/mol. The van der Waals surface area contributed by atoms with Crippen molar-refractivity contribution in [1.82, 2.24) is 0 Å². The van der Waals surface area contributed by atoms with Gasteiger partial charge in [0, 0.05) is 15.6 Å². The summed E-state index contributed by atoms with van der Waals surface area (Å²) >= 11 is 12.2. The van der Waals surface area contributed by atoms with Crippen molar-refractivity contribution < 1.29 is 14.6 Å². The minimum absolute atomic E-state index is 0.469. The van der Waals surface area contributed by atoms with Crippen LogP contribution < -0.4 is 0 Å². The van der Waals surface area contributed by atoms with E-state index in [0.29, 0.717) is 21.2 Å². The van der Waals surface area contributed by atoms with E-state index in [-0.39, 0.29) is 0 Å². The third kappa shape index (κ3) is 1.99. The van der Waals surface area contributed by atoms with E-state index in [1.807, 2.05) is 0 Å². The Kier molecular flexibility index (Phi) is 3.21. The normalized spacial score (nSPS) is 24.4. The van der Waals surface area contributed by atoms with Gasteiger partial charge < -0.3 is 9.84 Å². The summed E-state index contributed by atoms with van der Waals surface area (Å²) in [7, 11) is 0. The highest BCUT2D eigenvalue weighted by molar-refractivity contribution is 6.31. The van der Waals surface area contributed by atoms with Gasteiger partial charge in [-0.2, -0.15) is 0 Å². The van der Waals surface area contributed by atoms with E-state index in [9.17, 15) is 9.90 Å². The number of rotatable bonds is 3. The van der Waals surface area contributed by atoms with Crippen LogP contribution in [-0.4, -0.2) is 17.2 Å². The molecule has 0 amide bonds. The monoisotopic (exact) mass is 308 g/mol. The largest absolute Gasteiger partial charge is 0.479 e. The lowest BCUT2D eigenvalue weighted by Gasteiger charge is -2.15. The van der Waals surface area contributed by atoms with Crippen LogP contribution in [0, 0.1) is 0 Å². The first kappa shape index (κ1) is 13.4. The number of halogens is 2. The van der Waals surface area contributed by atoms with E-state index in [2.05, 4.69) is 0 Å². The molecule has 1 N–H and O–H groups in total. The average Bonchev–Trinajstić information content (AvgIpc) is 3.16. The molecule has 20 heavy (non-hydrogen) atoms. The van der Waals surface area contributed by atoms with Gasteiger partial charge >= 0.3 is 5.97 Å². The third-order valence-corrected chi connectivity index (χ3v) is 3.93. The summed E-state index contributed by atoms with van der Waals surface area (Å²) in [6, 6.07) is 14.0. The Labute approximate surface area is 125 Å². The second-order valence-corrected chi connectivity index (χ2v) is 5.41. The molecule has 2 atom stereocenters. The number of hydrogen-bond donors (Lipinski definition) is 1. The maximum absolute atomic E-state index is 11.3. The topological polar surface area (TPSA) is 49.8 Å². The van der Waals surface area contributed by atoms with E-state index in [1.54, 1.807) is 48.5 Å². The quantitative estimate of drug-likeness (QED) is 0.879. The number of aliphatic carboxylic acids is 1. The molecule has 0 spiro atoms. The van der Waals surface area contributed by atoms with Gasteiger partial charge in [0.1, 0.15) is 0 Å². The van der Waals surface area contributed by atoms with Gasteiger partial charge in [0.25, 0.3) is 0 Å². The Morgan fingerprint density at radius 1 is 1.15 bits per heavy atom. The van der Waals surface area contributed by atoms with Crippen molar-refractivity contribution in [2.75, 3.05) is 0 Å². The van der Waals surface area contributed by atoms with E-state index >= 15 is 0 Å². The van der Waals surface area contributed by atoms with E-state index in [4.69, 9.17) is 27.9 Å². The molecule has 1 fully saturated rings. The molecule has 2 aromatic rings. The van der Waals surface area contributed by atoms with E-state index in [1.165, 1.54) is 0 Å². The molecule has 5 heteroatoms. The molecule has 0 bridgehead atoms. The maximum atomic E-state index is 11.3. The number of hydrogen-bond acceptors (Lipinski definition) is 2. The standard InChI is InChI=1S/C15H10Cl2O3/c16-10-5-3-4-9(8-10)15(13(20-15)14(18)19)11-6-1-2-7-12(11)17/h1-8,13H,(H,18,19)/t13-,15-/m1/s1. The van der Waals surface area contributed by atoms with Crippen LogP contribution in [0.4, 0.5) is 0 Å². The number of carboxylic acids is 1. The van der Waals surface area contributed by atoms with Crippen molar-refractivity contribution in [3.63, 3.8) is 0 Å². The Bertz CT molecular complexity index is 686. The SMILES string of the molecule is O=C(O)[C@H]1O[C@]1(c1cccc(Cl)c1)c1ccccc1Cl. The summed E-state index contributed by atoms with van der Waals surface area (Å²) in [6.45, 7) is 0. The molecular weight excluding hydrogens is 299 g/mol. The van der Waals surface area contributed by atoms with Gasteiger partial charge in [0.05, 0.1) is 0 Å². The Balaban J connectivity index is 2.18. The summed E-state index contributed by atoms with van der Waals surface area (Å²) in [5.41, 5.74) is 0.261. The second kappa shape index (κ2) is 4.77. The van der Waals surface area contributed by atoms with Gasteiger partial charge in [-0.05, 0) is 23.8 Å². The van der Waals surface area contributed by atoms with Crippen LogP contribution in [0.5, 0.6) is 0 Å². The fourth-order valence-corrected chi connectivity index (χ4v) is 2.90. The molecule has 1 saturated heterocycles. The molecule has 1 aliphatic heterocycles. The summed E-state index contributed by atoms with van der Waals surface area (Å²) in [4.78, 5) is 11.3. The smallest absolute Gasteiger partial charge is 0.336 e. The zero-order valence-electron chi connectivity index (χ0n) is 10.2. The van der Waals surface area contributed by atoms with Gasteiger partial charge in [0.15, 0.2) is 11.7 Å². The number of benzene rings is 2. The molecule has 1 heterocycles. The molecule has 102 valence electrons. The number of ether oxygens (including phenoxy) is 1. The predicted octanol–water partition coefficient (Wildman–Crippen LogP) is 3.72. The first-order chi connectivity index (χ1) is 9.55. The Morgan fingerprint density at radius 3 is 2.50 bits per heavy atom. The molecule has 0 saturated carbocycles. The van der Waals surface area contributed by atoms with Crippen LogP contribution in [0.15, 0.2) is 48.5 Å². The molecule has 2 aromatic carbocycles. The van der Waals surface area contributed by atoms with E-state index in [0.717, 1.165) is 0 Å². The first-order valence-corrected chi connectivity index (χ1v) is 6.73. The van der Waals surface area contributed by atoms with Crippen molar-refractivity contribution >= 4 is 29.2 Å². The number of carboxylic acid groups (broad SMARTS) is 1. The van der Waals surface area contributed by atoms with Crippen molar-refractivity contribution in [3.05, 3.63) is 69.7 Å². The molecule has 0 unspecified atom stereocenters. The lowest BCUT2D eigenvalue weighted by atomic mass is 9.88. The summed E-state index contributed by atoms with van der Waals surface area (Å²) < 4.78 is 5.53. The molecule has 0 aromatic heterocycles. The van der Waals surface area contributed by atoms with Gasteiger partial charge in [-0.25, -0.2) is 4.79 Å². The van der Waals surface area contributed by atoms with Crippen LogP contribution in [0.25, 0.3) is 0 Å². The average molecular weight is 309 g/mol. The van der Waals surface area contributed by atoms with Crippen molar-refractivity contribution in [2.45, 2.75) is 11.7 Å². The molecule has 0 radical (unpaired) electrons. The maximum Gasteiger partial charge on any atom is 0.336 e. The van der Waals surface area contributed by atoms with Crippen molar-refractivity contribution in [3.8, 4) is 0 Å². The van der Waals surface area contributed by atoms with Crippen LogP contribution >= 0.6 is 23.2 Å². The molecule has 0 aliphatic carbocycles. The highest BCUT2D eigenvalue weighted by atomic mass is 35.5. The summed E-state index contributed by atoms with van der Waals surface area (Å²) in [6.07, 6.45) is -0.958. The van der Waals surface area contributed by atoms with Crippen molar-refractivity contribution in [2.24, 2.45) is 0 Å². The summed E-state index contributed by atoms with van der Waals surface area (Å²) in [5, 5.41) is 10.3. The fraction of sp³-hybridized carbons (Fsp3) is 0.133. The van der Waals surface area contributed by atoms with E-state index < -0.39 is 17.7 Å². The van der Waals surface area contributed by atoms with Crippen LogP contribution in [-0.2, 0) is 15.1 Å². The minimum Gasteiger partial charge on any atom is -0.479 e. The summed E-state index contributed by atoms with van der Waals surface area (Å²) in [5.74, 6) is -1.02. The van der Waals surface area contributed by atoms with Crippen LogP contribution in [0.3, 0.4) is 0 Å². The highest BCUT2D eigenvalue weighted by Crippen LogP contribution is 2.53. The lowest BCUT2D eigenvalue weighted by Crippen LogP contribution is -2.20. The van der Waals surface area contributed by atoms with Gasteiger partial charge in [-0.15, -0.1) is 0 Å². The van der Waals surface area contributed by atoms with Gasteiger partial charge in [-0.1, -0.05) is 53.5 Å². The van der Waals surface area contributed by atoms with Gasteiger partial charge in [-0.3, -0.25) is 0 Å². The number of carbonyl (C=O) groups is 1. The van der Waals surface area contributed by atoms with Crippen molar-refractivity contribution in [1.29, 1.82) is 0 Å². The fourth-order valence-electron chi connectivity index (χ4n) is 2.44. The molecule has 3 rings (SSSR count). The van der Waals surface area contributed by atoms with Crippen LogP contribution in [0.2, 0.25) is 10.0 Å². The zero-order valence-corrected chi connectivity index (χ0v) is 11.7. The molecule has 3 nitrogen and oxygen atoms in total.